The number of hydrogen-bond acceptors (Lipinski definition) is 2. The van der Waals surface area contributed by atoms with Crippen molar-refractivity contribution >= 4 is 35.5 Å². The van der Waals surface area contributed by atoms with Gasteiger partial charge in [-0.2, -0.15) is 0 Å². The molecule has 0 saturated carbocycles. The normalized spacial score (nSPS) is 14.4. The van der Waals surface area contributed by atoms with Gasteiger partial charge in [-0.3, -0.25) is 9.59 Å². The third-order valence-electron chi connectivity index (χ3n) is 13.4. The SMILES string of the molecule is CCC(CCC(=O)S)C(CCCCCCCCc1c(C)cccc1C(C)(C)C)CC(CCCCCCCCc1c(C)cccc1C(C)(C)C)C(CC)CCC(=O)S. The Hall–Kier alpha value is -1.52. The Morgan fingerprint density at radius 3 is 1.14 bits per heavy atom. The molecule has 0 spiro atoms. The summed E-state index contributed by atoms with van der Waals surface area (Å²) < 4.78 is 0. The molecule has 0 saturated heterocycles. The quantitative estimate of drug-likeness (QED) is 0.0608. The van der Waals surface area contributed by atoms with Crippen LogP contribution in [0.5, 0.6) is 0 Å². The molecule has 2 rings (SSSR count). The third-order valence-corrected chi connectivity index (χ3v) is 13.8. The van der Waals surface area contributed by atoms with E-state index in [1.165, 1.54) is 131 Å². The molecule has 2 aromatic carbocycles. The minimum absolute atomic E-state index is 0.0244. The zero-order chi connectivity index (χ0) is 42.4. The molecule has 0 bridgehead atoms. The topological polar surface area (TPSA) is 34.1 Å². The van der Waals surface area contributed by atoms with Gasteiger partial charge in [0, 0.05) is 12.8 Å². The van der Waals surface area contributed by atoms with Crippen molar-refractivity contribution in [1.29, 1.82) is 0 Å². The van der Waals surface area contributed by atoms with E-state index in [0.29, 0.717) is 36.5 Å². The molecule has 0 aliphatic carbocycles. The molecule has 0 aromatic heterocycles. The first-order valence-corrected chi connectivity index (χ1v) is 24.5. The lowest BCUT2D eigenvalue weighted by Gasteiger charge is -2.34. The van der Waals surface area contributed by atoms with Crippen molar-refractivity contribution in [3.8, 4) is 0 Å². The van der Waals surface area contributed by atoms with Gasteiger partial charge in [-0.15, -0.1) is 25.3 Å². The lowest BCUT2D eigenvalue weighted by Crippen LogP contribution is -2.24. The number of benzene rings is 2. The fraction of sp³-hybridized carbons (Fsp3) is 0.736. The van der Waals surface area contributed by atoms with Crippen LogP contribution in [0.2, 0.25) is 0 Å². The van der Waals surface area contributed by atoms with Crippen LogP contribution in [0, 0.1) is 37.5 Å². The lowest BCUT2D eigenvalue weighted by atomic mass is 9.72. The van der Waals surface area contributed by atoms with E-state index in [9.17, 15) is 9.59 Å². The van der Waals surface area contributed by atoms with Crippen LogP contribution in [0.15, 0.2) is 36.4 Å². The van der Waals surface area contributed by atoms with Gasteiger partial charge in [0.1, 0.15) is 0 Å². The number of hydrogen-bond donors (Lipinski definition) is 2. The molecule has 4 unspecified atom stereocenters. The minimum atomic E-state index is 0.0244. The number of rotatable bonds is 30. The standard InChI is InChI=1S/C53H88O2S2/c1-11-42(35-37-50(54)56)44(29-21-17-13-15-19-23-31-46-40(3)27-25-33-48(46)52(5,6)7)39-45(43(12-2)36-38-51(55)57)30-22-18-14-16-20-24-32-47-41(4)28-26-34-49(47)53(8,9)10/h25-28,33-34,42-45H,11-24,29-32,35-39H2,1-10H3,(H,54,56)(H,55,57). The Morgan fingerprint density at radius 1 is 0.491 bits per heavy atom. The summed E-state index contributed by atoms with van der Waals surface area (Å²) in [5.41, 5.74) is 9.43. The molecule has 0 radical (unpaired) electrons. The van der Waals surface area contributed by atoms with Gasteiger partial charge in [-0.25, -0.2) is 0 Å². The van der Waals surface area contributed by atoms with E-state index >= 15 is 0 Å². The zero-order valence-corrected chi connectivity index (χ0v) is 40.5. The summed E-state index contributed by atoms with van der Waals surface area (Å²) in [5, 5.41) is 0.0488. The van der Waals surface area contributed by atoms with Crippen LogP contribution in [-0.4, -0.2) is 10.2 Å². The molecule has 4 heteroatoms. The van der Waals surface area contributed by atoms with Gasteiger partial charge in [0.2, 0.25) is 0 Å². The summed E-state index contributed by atoms with van der Waals surface area (Å²) in [6.45, 7) is 23.2. The monoisotopic (exact) mass is 821 g/mol. The summed E-state index contributed by atoms with van der Waals surface area (Å²) in [6.07, 6.45) is 27.0. The molecular formula is C53H88O2S2. The van der Waals surface area contributed by atoms with Crippen LogP contribution in [0.3, 0.4) is 0 Å². The molecule has 0 fully saturated rings. The number of carbonyl (C=O) groups excluding carboxylic acids is 2. The van der Waals surface area contributed by atoms with Crippen LogP contribution in [0.25, 0.3) is 0 Å². The summed E-state index contributed by atoms with van der Waals surface area (Å²) in [5.74, 6) is 2.38. The Bertz CT molecular complexity index is 1320. The number of carbonyl (C=O) groups is 2. The van der Waals surface area contributed by atoms with Gasteiger partial charge >= 0.3 is 0 Å². The lowest BCUT2D eigenvalue weighted by molar-refractivity contribution is -0.111. The molecule has 0 heterocycles. The van der Waals surface area contributed by atoms with Gasteiger partial charge in [0.15, 0.2) is 10.2 Å². The Kier molecular flexibility index (Phi) is 24.8. The second-order valence-corrected chi connectivity index (χ2v) is 21.0. The van der Waals surface area contributed by atoms with Crippen molar-refractivity contribution in [3.05, 3.63) is 69.8 Å². The third kappa shape index (κ3) is 20.1. The summed E-state index contributed by atoms with van der Waals surface area (Å²) in [6, 6.07) is 13.7. The fourth-order valence-corrected chi connectivity index (χ4v) is 10.2. The second-order valence-electron chi connectivity index (χ2n) is 20.0. The van der Waals surface area contributed by atoms with Crippen LogP contribution in [-0.2, 0) is 33.3 Å². The Morgan fingerprint density at radius 2 is 0.825 bits per heavy atom. The highest BCUT2D eigenvalue weighted by molar-refractivity contribution is 7.96. The molecule has 0 aliphatic heterocycles. The van der Waals surface area contributed by atoms with Gasteiger partial charge in [-0.1, -0.05) is 182 Å². The average Bonchev–Trinajstić information content (AvgIpc) is 3.13. The zero-order valence-electron chi connectivity index (χ0n) is 38.7. The summed E-state index contributed by atoms with van der Waals surface area (Å²) in [4.78, 5) is 24.0. The van der Waals surface area contributed by atoms with Gasteiger partial charge < -0.3 is 0 Å². The second kappa shape index (κ2) is 27.3. The highest BCUT2D eigenvalue weighted by Crippen LogP contribution is 2.39. The van der Waals surface area contributed by atoms with Crippen molar-refractivity contribution in [2.45, 2.75) is 228 Å². The van der Waals surface area contributed by atoms with E-state index in [1.54, 1.807) is 11.1 Å². The fourth-order valence-electron chi connectivity index (χ4n) is 9.95. The largest absolute Gasteiger partial charge is 0.288 e. The number of aryl methyl sites for hydroxylation is 2. The highest BCUT2D eigenvalue weighted by Gasteiger charge is 2.28. The summed E-state index contributed by atoms with van der Waals surface area (Å²) >= 11 is 8.33. The van der Waals surface area contributed by atoms with E-state index in [1.807, 2.05) is 0 Å². The molecule has 2 nitrogen and oxygen atoms in total. The van der Waals surface area contributed by atoms with Crippen molar-refractivity contribution in [1.82, 2.24) is 0 Å². The van der Waals surface area contributed by atoms with Crippen molar-refractivity contribution in [2.75, 3.05) is 0 Å². The van der Waals surface area contributed by atoms with Crippen LogP contribution in [0.4, 0.5) is 0 Å². The van der Waals surface area contributed by atoms with Crippen molar-refractivity contribution < 1.29 is 9.59 Å². The van der Waals surface area contributed by atoms with E-state index < -0.39 is 0 Å². The predicted octanol–water partition coefficient (Wildman–Crippen LogP) is 16.3. The molecule has 0 amide bonds. The average molecular weight is 821 g/mol. The molecule has 4 atom stereocenters. The number of unbranched alkanes of at least 4 members (excludes halogenated alkanes) is 10. The molecule has 0 aliphatic rings. The first-order chi connectivity index (χ1) is 27.0. The molecule has 0 N–H and O–H groups in total. The van der Waals surface area contributed by atoms with Gasteiger partial charge in [-0.05, 0) is 127 Å². The smallest absolute Gasteiger partial charge is 0.185 e. The van der Waals surface area contributed by atoms with Crippen LogP contribution >= 0.6 is 25.3 Å². The Balaban J connectivity index is 1.96. The van der Waals surface area contributed by atoms with Gasteiger partial charge in [0.05, 0.1) is 0 Å². The minimum Gasteiger partial charge on any atom is -0.288 e. The number of thiol groups is 2. The maximum Gasteiger partial charge on any atom is 0.185 e. The van der Waals surface area contributed by atoms with E-state index in [4.69, 9.17) is 0 Å². The highest BCUT2D eigenvalue weighted by atomic mass is 32.1. The first-order valence-electron chi connectivity index (χ1n) is 23.6. The van der Waals surface area contributed by atoms with Crippen molar-refractivity contribution in [2.24, 2.45) is 23.7 Å². The molecule has 324 valence electrons. The first kappa shape index (κ1) is 51.6. The maximum absolute atomic E-state index is 12.0. The van der Waals surface area contributed by atoms with E-state index in [0.717, 1.165) is 25.7 Å². The Labute approximate surface area is 364 Å². The van der Waals surface area contributed by atoms with E-state index in [-0.39, 0.29) is 21.1 Å². The maximum atomic E-state index is 12.0. The van der Waals surface area contributed by atoms with E-state index in [2.05, 4.69) is 131 Å². The molecule has 2 aromatic rings. The predicted molar refractivity (Wildman–Crippen MR) is 257 cm³/mol. The molecule has 57 heavy (non-hydrogen) atoms. The van der Waals surface area contributed by atoms with Crippen LogP contribution < -0.4 is 0 Å². The van der Waals surface area contributed by atoms with Crippen molar-refractivity contribution in [3.63, 3.8) is 0 Å². The molecular weight excluding hydrogens is 733 g/mol. The summed E-state index contributed by atoms with van der Waals surface area (Å²) in [7, 11) is 0. The van der Waals surface area contributed by atoms with Crippen LogP contribution in [0.1, 0.15) is 224 Å². The van der Waals surface area contributed by atoms with Gasteiger partial charge in [0.25, 0.3) is 0 Å².